The van der Waals surface area contributed by atoms with E-state index in [9.17, 15) is 10.2 Å². The smallest absolute Gasteiger partial charge is 0.225 e. The molecule has 0 saturated carbocycles. The Morgan fingerprint density at radius 1 is 0.667 bits per heavy atom. The summed E-state index contributed by atoms with van der Waals surface area (Å²) >= 11 is 0. The molecule has 0 spiro atoms. The summed E-state index contributed by atoms with van der Waals surface area (Å²) in [5.74, 6) is 1.67. The van der Waals surface area contributed by atoms with E-state index in [1.165, 1.54) is 0 Å². The summed E-state index contributed by atoms with van der Waals surface area (Å²) in [6, 6.07) is 6.86. The van der Waals surface area contributed by atoms with Crippen molar-refractivity contribution >= 4 is 11.9 Å². The summed E-state index contributed by atoms with van der Waals surface area (Å²) in [5, 5.41) is 21.9. The quantitative estimate of drug-likeness (QED) is 0.639. The maximum Gasteiger partial charge on any atom is 0.225 e. The van der Waals surface area contributed by atoms with Gasteiger partial charge in [0.2, 0.25) is 11.9 Å². The van der Waals surface area contributed by atoms with Gasteiger partial charge in [0.25, 0.3) is 0 Å². The first-order valence-electron chi connectivity index (χ1n) is 10.4. The van der Waals surface area contributed by atoms with E-state index in [2.05, 4.69) is 29.7 Å². The highest BCUT2D eigenvalue weighted by atomic mass is 16.3. The summed E-state index contributed by atoms with van der Waals surface area (Å²) in [6.45, 7) is 1.64. The molecule has 2 aliphatic rings. The highest BCUT2D eigenvalue weighted by molar-refractivity contribution is 5.53. The SMILES string of the molecule is Oc1cc(C2CCCN2c2ncccn2)c(O)cc1C1CCCN1c1ncccn1. The van der Waals surface area contributed by atoms with Crippen LogP contribution in [0.1, 0.15) is 48.9 Å². The molecule has 2 atom stereocenters. The van der Waals surface area contributed by atoms with Crippen LogP contribution in [0, 0.1) is 0 Å². The van der Waals surface area contributed by atoms with Gasteiger partial charge in [0, 0.05) is 49.0 Å². The molecule has 5 rings (SSSR count). The Morgan fingerprint density at radius 3 is 1.47 bits per heavy atom. The lowest BCUT2D eigenvalue weighted by molar-refractivity contribution is 0.438. The van der Waals surface area contributed by atoms with E-state index in [1.54, 1.807) is 49.1 Å². The predicted molar refractivity (Wildman–Crippen MR) is 112 cm³/mol. The van der Waals surface area contributed by atoms with Crippen molar-refractivity contribution in [2.75, 3.05) is 22.9 Å². The first kappa shape index (κ1) is 18.6. The van der Waals surface area contributed by atoms with E-state index in [1.807, 2.05) is 0 Å². The molecule has 0 bridgehead atoms. The van der Waals surface area contributed by atoms with Gasteiger partial charge in [-0.2, -0.15) is 0 Å². The maximum atomic E-state index is 10.9. The van der Waals surface area contributed by atoms with Crippen molar-refractivity contribution in [1.82, 2.24) is 19.9 Å². The molecule has 30 heavy (non-hydrogen) atoms. The van der Waals surface area contributed by atoms with Gasteiger partial charge in [0.1, 0.15) is 11.5 Å². The van der Waals surface area contributed by atoms with Crippen LogP contribution in [-0.2, 0) is 0 Å². The highest BCUT2D eigenvalue weighted by Gasteiger charge is 2.34. The number of hydrogen-bond acceptors (Lipinski definition) is 8. The summed E-state index contributed by atoms with van der Waals surface area (Å²) in [6.07, 6.45) is 10.6. The molecule has 2 fully saturated rings. The van der Waals surface area contributed by atoms with Crippen LogP contribution in [0.25, 0.3) is 0 Å². The number of nitrogens with zero attached hydrogens (tertiary/aromatic N) is 6. The molecule has 2 aromatic heterocycles. The molecular formula is C22H24N6O2. The van der Waals surface area contributed by atoms with Crippen molar-refractivity contribution in [2.24, 2.45) is 0 Å². The maximum absolute atomic E-state index is 10.9. The Labute approximate surface area is 174 Å². The van der Waals surface area contributed by atoms with Crippen molar-refractivity contribution < 1.29 is 10.2 Å². The molecule has 8 nitrogen and oxygen atoms in total. The van der Waals surface area contributed by atoms with E-state index in [-0.39, 0.29) is 23.6 Å². The first-order chi connectivity index (χ1) is 14.7. The number of phenols is 2. The molecule has 2 unspecified atom stereocenters. The molecule has 2 aliphatic heterocycles. The van der Waals surface area contributed by atoms with Gasteiger partial charge in [-0.15, -0.1) is 0 Å². The third-order valence-electron chi connectivity index (χ3n) is 6.02. The van der Waals surface area contributed by atoms with E-state index >= 15 is 0 Å². The fourth-order valence-electron chi connectivity index (χ4n) is 4.68. The Kier molecular flexibility index (Phi) is 4.82. The zero-order valence-corrected chi connectivity index (χ0v) is 16.6. The Bertz CT molecular complexity index is 934. The number of phenolic OH excluding ortho intramolecular Hbond substituents is 2. The Hall–Kier alpha value is -3.42. The van der Waals surface area contributed by atoms with Gasteiger partial charge in [0.05, 0.1) is 12.1 Å². The van der Waals surface area contributed by atoms with Crippen LogP contribution in [0.15, 0.2) is 49.1 Å². The minimum atomic E-state index is -0.0653. The molecule has 8 heteroatoms. The highest BCUT2D eigenvalue weighted by Crippen LogP contribution is 2.45. The van der Waals surface area contributed by atoms with Crippen LogP contribution in [0.4, 0.5) is 11.9 Å². The summed E-state index contributed by atoms with van der Waals surface area (Å²) in [7, 11) is 0. The number of hydrogen-bond donors (Lipinski definition) is 2. The largest absolute Gasteiger partial charge is 0.508 e. The van der Waals surface area contributed by atoms with Crippen LogP contribution in [0.5, 0.6) is 11.5 Å². The molecular weight excluding hydrogens is 380 g/mol. The number of aromatic nitrogens is 4. The average Bonchev–Trinajstić information content (AvgIpc) is 3.46. The van der Waals surface area contributed by atoms with Crippen LogP contribution in [0.3, 0.4) is 0 Å². The first-order valence-corrected chi connectivity index (χ1v) is 10.4. The second kappa shape index (κ2) is 7.78. The molecule has 0 radical (unpaired) electrons. The molecule has 0 amide bonds. The number of aromatic hydroxyl groups is 2. The topological polar surface area (TPSA) is 98.5 Å². The molecule has 1 aromatic carbocycles. The monoisotopic (exact) mass is 404 g/mol. The minimum Gasteiger partial charge on any atom is -0.508 e. The fourth-order valence-corrected chi connectivity index (χ4v) is 4.68. The zero-order valence-electron chi connectivity index (χ0n) is 16.6. The van der Waals surface area contributed by atoms with Crippen molar-refractivity contribution in [2.45, 2.75) is 37.8 Å². The van der Waals surface area contributed by atoms with Crippen molar-refractivity contribution in [3.8, 4) is 11.5 Å². The standard InChI is InChI=1S/C22H24N6O2/c29-19-14-16(18-6-2-12-28(18)22-25-9-4-10-26-22)20(30)13-15(19)17-5-1-11-27(17)21-23-7-3-8-24-21/h3-4,7-10,13-14,17-18,29-30H,1-2,5-6,11-12H2. The zero-order chi connectivity index (χ0) is 20.5. The molecule has 154 valence electrons. The lowest BCUT2D eigenvalue weighted by Crippen LogP contribution is -2.25. The average molecular weight is 404 g/mol. The van der Waals surface area contributed by atoms with E-state index in [0.29, 0.717) is 23.0 Å². The van der Waals surface area contributed by atoms with Gasteiger partial charge in [-0.3, -0.25) is 0 Å². The normalized spacial score (nSPS) is 21.3. The van der Waals surface area contributed by atoms with Gasteiger partial charge in [0.15, 0.2) is 0 Å². The van der Waals surface area contributed by atoms with Crippen LogP contribution in [0.2, 0.25) is 0 Å². The fraction of sp³-hybridized carbons (Fsp3) is 0.364. The van der Waals surface area contributed by atoms with E-state index in [0.717, 1.165) is 38.8 Å². The van der Waals surface area contributed by atoms with Crippen molar-refractivity contribution in [3.63, 3.8) is 0 Å². The Balaban J connectivity index is 1.47. The van der Waals surface area contributed by atoms with Gasteiger partial charge in [-0.1, -0.05) is 0 Å². The van der Waals surface area contributed by atoms with Gasteiger partial charge >= 0.3 is 0 Å². The Morgan fingerprint density at radius 2 is 1.07 bits per heavy atom. The summed E-state index contributed by atoms with van der Waals surface area (Å²) in [5.41, 5.74) is 1.42. The van der Waals surface area contributed by atoms with Crippen LogP contribution in [-0.4, -0.2) is 43.2 Å². The van der Waals surface area contributed by atoms with Crippen molar-refractivity contribution in [1.29, 1.82) is 0 Å². The third-order valence-corrected chi connectivity index (χ3v) is 6.02. The predicted octanol–water partition coefficient (Wildman–Crippen LogP) is 3.36. The van der Waals surface area contributed by atoms with Crippen molar-refractivity contribution in [3.05, 3.63) is 60.2 Å². The number of rotatable bonds is 4. The number of benzene rings is 1. The summed E-state index contributed by atoms with van der Waals surface area (Å²) < 4.78 is 0. The lowest BCUT2D eigenvalue weighted by atomic mass is 9.96. The number of anilines is 2. The van der Waals surface area contributed by atoms with Crippen LogP contribution >= 0.6 is 0 Å². The third kappa shape index (κ3) is 3.28. The van der Waals surface area contributed by atoms with Gasteiger partial charge in [-0.25, -0.2) is 19.9 Å². The second-order valence-corrected chi connectivity index (χ2v) is 7.77. The summed E-state index contributed by atoms with van der Waals surface area (Å²) in [4.78, 5) is 21.6. The lowest BCUT2D eigenvalue weighted by Gasteiger charge is -2.28. The molecule has 3 aromatic rings. The van der Waals surface area contributed by atoms with E-state index < -0.39 is 0 Å². The van der Waals surface area contributed by atoms with Crippen LogP contribution < -0.4 is 9.80 Å². The molecule has 2 saturated heterocycles. The van der Waals surface area contributed by atoms with Gasteiger partial charge < -0.3 is 20.0 Å². The molecule has 4 heterocycles. The van der Waals surface area contributed by atoms with E-state index in [4.69, 9.17) is 0 Å². The minimum absolute atomic E-state index is 0.0653. The van der Waals surface area contributed by atoms with Gasteiger partial charge in [-0.05, 0) is 49.9 Å². The molecule has 0 aliphatic carbocycles. The molecule has 2 N–H and O–H groups in total. The second-order valence-electron chi connectivity index (χ2n) is 7.77.